The summed E-state index contributed by atoms with van der Waals surface area (Å²) >= 11 is 0. The lowest BCUT2D eigenvalue weighted by Gasteiger charge is -2.41. The van der Waals surface area contributed by atoms with Crippen LogP contribution in [-0.4, -0.2) is 34.7 Å². The third-order valence-electron chi connectivity index (χ3n) is 4.12. The van der Waals surface area contributed by atoms with Gasteiger partial charge in [-0.2, -0.15) is 0 Å². The first-order chi connectivity index (χ1) is 9.77. The Morgan fingerprint density at radius 3 is 2.19 bits per heavy atom. The van der Waals surface area contributed by atoms with Gasteiger partial charge in [-0.25, -0.2) is 8.78 Å². The Hall–Kier alpha value is -1.20. The molecule has 0 atom stereocenters. The number of rotatable bonds is 3. The number of phenols is 1. The molecule has 0 aromatic heterocycles. The highest BCUT2D eigenvalue weighted by molar-refractivity contribution is 5.30. The maximum atomic E-state index is 13.3. The van der Waals surface area contributed by atoms with E-state index in [1.165, 1.54) is 12.1 Å². The molecule has 0 saturated carbocycles. The molecule has 5 heteroatoms. The summed E-state index contributed by atoms with van der Waals surface area (Å²) in [6.45, 7) is 9.10. The van der Waals surface area contributed by atoms with E-state index in [-0.39, 0.29) is 5.54 Å². The highest BCUT2D eigenvalue weighted by atomic mass is 19.1. The number of piperidine rings is 1. The van der Waals surface area contributed by atoms with Crippen molar-refractivity contribution in [2.24, 2.45) is 0 Å². The maximum Gasteiger partial charge on any atom is 0.187 e. The van der Waals surface area contributed by atoms with Gasteiger partial charge < -0.3 is 10.4 Å². The van der Waals surface area contributed by atoms with Crippen molar-refractivity contribution in [2.45, 2.75) is 51.7 Å². The predicted molar refractivity (Wildman–Crippen MR) is 79.2 cm³/mol. The van der Waals surface area contributed by atoms with E-state index in [1.807, 2.05) is 0 Å². The standard InChI is InChI=1S/C16H24F2N2O/c1-16(2,3)20-6-4-12(5-7-20)19-10-11-8-13(17)15(21)14(18)9-11/h8-9,12,19,21H,4-7,10H2,1-3H3. The van der Waals surface area contributed by atoms with E-state index in [2.05, 4.69) is 31.0 Å². The number of aromatic hydroxyl groups is 1. The van der Waals surface area contributed by atoms with Crippen molar-refractivity contribution in [3.05, 3.63) is 29.3 Å². The summed E-state index contributed by atoms with van der Waals surface area (Å²) in [6.07, 6.45) is 2.06. The van der Waals surface area contributed by atoms with Crippen LogP contribution in [0.2, 0.25) is 0 Å². The smallest absolute Gasteiger partial charge is 0.187 e. The Morgan fingerprint density at radius 1 is 1.19 bits per heavy atom. The molecule has 1 aliphatic heterocycles. The molecular formula is C16H24F2N2O. The van der Waals surface area contributed by atoms with Crippen LogP contribution < -0.4 is 5.32 Å². The number of hydrogen-bond acceptors (Lipinski definition) is 3. The van der Waals surface area contributed by atoms with Gasteiger partial charge in [0.2, 0.25) is 0 Å². The molecular weight excluding hydrogens is 274 g/mol. The third kappa shape index (κ3) is 4.14. The summed E-state index contributed by atoms with van der Waals surface area (Å²) in [6, 6.07) is 2.72. The Kier molecular flexibility index (Phi) is 4.84. The average molecular weight is 298 g/mol. The van der Waals surface area contributed by atoms with Gasteiger partial charge in [-0.05, 0) is 51.3 Å². The number of halogens is 2. The summed E-state index contributed by atoms with van der Waals surface area (Å²) in [5.41, 5.74) is 0.704. The van der Waals surface area contributed by atoms with Crippen LogP contribution in [-0.2, 0) is 6.54 Å². The highest BCUT2D eigenvalue weighted by Gasteiger charge is 2.26. The topological polar surface area (TPSA) is 35.5 Å². The second-order valence-corrected chi connectivity index (χ2v) is 6.72. The van der Waals surface area contributed by atoms with Crippen molar-refractivity contribution in [1.29, 1.82) is 0 Å². The fourth-order valence-corrected chi connectivity index (χ4v) is 2.74. The van der Waals surface area contributed by atoms with Crippen LogP contribution in [0.1, 0.15) is 39.2 Å². The van der Waals surface area contributed by atoms with Gasteiger partial charge in [-0.1, -0.05) is 0 Å². The van der Waals surface area contributed by atoms with Gasteiger partial charge in [-0.15, -0.1) is 0 Å². The second kappa shape index (κ2) is 6.28. The highest BCUT2D eigenvalue weighted by Crippen LogP contribution is 2.23. The van der Waals surface area contributed by atoms with Crippen LogP contribution in [0.15, 0.2) is 12.1 Å². The Balaban J connectivity index is 1.85. The van der Waals surface area contributed by atoms with Gasteiger partial charge in [-0.3, -0.25) is 4.90 Å². The van der Waals surface area contributed by atoms with E-state index < -0.39 is 17.4 Å². The number of benzene rings is 1. The molecule has 1 fully saturated rings. The largest absolute Gasteiger partial charge is 0.503 e. The molecule has 1 heterocycles. The van der Waals surface area contributed by atoms with Crippen molar-refractivity contribution in [3.63, 3.8) is 0 Å². The SMILES string of the molecule is CC(C)(C)N1CCC(NCc2cc(F)c(O)c(F)c2)CC1. The summed E-state index contributed by atoms with van der Waals surface area (Å²) in [5, 5.41) is 12.4. The zero-order valence-electron chi connectivity index (χ0n) is 12.9. The number of nitrogens with zero attached hydrogens (tertiary/aromatic N) is 1. The van der Waals surface area contributed by atoms with Crippen LogP contribution in [0.4, 0.5) is 8.78 Å². The van der Waals surface area contributed by atoms with Gasteiger partial charge in [0.05, 0.1) is 0 Å². The van der Waals surface area contributed by atoms with Gasteiger partial charge in [0.25, 0.3) is 0 Å². The average Bonchev–Trinajstić information content (AvgIpc) is 2.42. The molecule has 0 radical (unpaired) electrons. The first kappa shape index (κ1) is 16.2. The molecule has 0 unspecified atom stereocenters. The first-order valence-electron chi connectivity index (χ1n) is 7.42. The zero-order chi connectivity index (χ0) is 15.6. The number of likely N-dealkylation sites (tertiary alicyclic amines) is 1. The summed E-state index contributed by atoms with van der Waals surface area (Å²) in [4.78, 5) is 2.45. The monoisotopic (exact) mass is 298 g/mol. The number of nitrogens with one attached hydrogen (secondary N) is 1. The third-order valence-corrected chi connectivity index (χ3v) is 4.12. The summed E-state index contributed by atoms with van der Waals surface area (Å²) in [7, 11) is 0. The van der Waals surface area contributed by atoms with Crippen LogP contribution in [0, 0.1) is 11.6 Å². The molecule has 118 valence electrons. The molecule has 3 nitrogen and oxygen atoms in total. The van der Waals surface area contributed by atoms with Crippen molar-refractivity contribution >= 4 is 0 Å². The van der Waals surface area contributed by atoms with Gasteiger partial charge in [0.1, 0.15) is 0 Å². The molecule has 1 saturated heterocycles. The molecule has 0 amide bonds. The second-order valence-electron chi connectivity index (χ2n) is 6.72. The van der Waals surface area contributed by atoms with Gasteiger partial charge in [0, 0.05) is 31.2 Å². The van der Waals surface area contributed by atoms with E-state index in [0.29, 0.717) is 18.2 Å². The molecule has 2 N–H and O–H groups in total. The minimum Gasteiger partial charge on any atom is -0.503 e. The van der Waals surface area contributed by atoms with Gasteiger partial charge in [0.15, 0.2) is 17.4 Å². The van der Waals surface area contributed by atoms with E-state index in [9.17, 15) is 8.78 Å². The van der Waals surface area contributed by atoms with Crippen LogP contribution >= 0.6 is 0 Å². The van der Waals surface area contributed by atoms with Crippen LogP contribution in [0.25, 0.3) is 0 Å². The molecule has 1 aromatic carbocycles. The summed E-state index contributed by atoms with van der Waals surface area (Å²) in [5.74, 6) is -2.72. The van der Waals surface area contributed by atoms with Crippen LogP contribution in [0.5, 0.6) is 5.75 Å². The van der Waals surface area contributed by atoms with E-state index >= 15 is 0 Å². The lowest BCUT2D eigenvalue weighted by atomic mass is 9.98. The number of phenolic OH excluding ortho intramolecular Hbond substituents is 1. The molecule has 0 spiro atoms. The van der Waals surface area contributed by atoms with Crippen molar-refractivity contribution in [1.82, 2.24) is 10.2 Å². The molecule has 21 heavy (non-hydrogen) atoms. The molecule has 2 rings (SSSR count). The lowest BCUT2D eigenvalue weighted by molar-refractivity contribution is 0.0960. The molecule has 0 aliphatic carbocycles. The van der Waals surface area contributed by atoms with Crippen molar-refractivity contribution < 1.29 is 13.9 Å². The van der Waals surface area contributed by atoms with Crippen LogP contribution in [0.3, 0.4) is 0 Å². The van der Waals surface area contributed by atoms with E-state index in [1.54, 1.807) is 0 Å². The first-order valence-corrected chi connectivity index (χ1v) is 7.42. The molecule has 1 aliphatic rings. The summed E-state index contributed by atoms with van der Waals surface area (Å²) < 4.78 is 26.5. The maximum absolute atomic E-state index is 13.3. The fraction of sp³-hybridized carbons (Fsp3) is 0.625. The van der Waals surface area contributed by atoms with Gasteiger partial charge >= 0.3 is 0 Å². The Labute approximate surface area is 125 Å². The van der Waals surface area contributed by atoms with E-state index in [0.717, 1.165) is 25.9 Å². The quantitative estimate of drug-likeness (QED) is 0.900. The Bertz CT molecular complexity index is 469. The van der Waals surface area contributed by atoms with Crippen molar-refractivity contribution in [2.75, 3.05) is 13.1 Å². The minimum absolute atomic E-state index is 0.189. The fourth-order valence-electron chi connectivity index (χ4n) is 2.74. The number of hydrogen-bond donors (Lipinski definition) is 2. The predicted octanol–water partition coefficient (Wildman–Crippen LogP) is 3.02. The van der Waals surface area contributed by atoms with E-state index in [4.69, 9.17) is 5.11 Å². The molecule has 1 aromatic rings. The normalized spacial score (nSPS) is 18.1. The van der Waals surface area contributed by atoms with Crippen molar-refractivity contribution in [3.8, 4) is 5.75 Å². The lowest BCUT2D eigenvalue weighted by Crippen LogP contribution is -2.49. The Morgan fingerprint density at radius 2 is 1.71 bits per heavy atom. The molecule has 0 bridgehead atoms. The zero-order valence-corrected chi connectivity index (χ0v) is 12.9. The minimum atomic E-state index is -0.908.